The fourth-order valence-electron chi connectivity index (χ4n) is 1.33. The molecule has 0 bridgehead atoms. The summed E-state index contributed by atoms with van der Waals surface area (Å²) in [4.78, 5) is 0.135. The second-order valence-electron chi connectivity index (χ2n) is 3.32. The second kappa shape index (κ2) is 5.87. The SMILES string of the molecule is C=CCN(CC)S(=O)(=O)c1ccc(Cl)c(Cl)c1. The summed E-state index contributed by atoms with van der Waals surface area (Å²) in [6.07, 6.45) is 1.54. The zero-order valence-electron chi connectivity index (χ0n) is 9.36. The molecule has 0 aliphatic heterocycles. The molecular weight excluding hydrogens is 281 g/mol. The number of sulfonamides is 1. The largest absolute Gasteiger partial charge is 0.243 e. The van der Waals surface area contributed by atoms with Crippen LogP contribution in [-0.4, -0.2) is 25.8 Å². The molecule has 1 rings (SSSR count). The maximum absolute atomic E-state index is 12.2. The van der Waals surface area contributed by atoms with Crippen LogP contribution in [0.1, 0.15) is 6.92 Å². The normalized spacial score (nSPS) is 11.8. The summed E-state index contributed by atoms with van der Waals surface area (Å²) in [6.45, 7) is 5.93. The lowest BCUT2D eigenvalue weighted by Gasteiger charge is -2.18. The van der Waals surface area contributed by atoms with Crippen molar-refractivity contribution >= 4 is 33.2 Å². The molecule has 0 aliphatic carbocycles. The molecule has 0 saturated heterocycles. The Morgan fingerprint density at radius 2 is 2.00 bits per heavy atom. The van der Waals surface area contributed by atoms with E-state index in [-0.39, 0.29) is 16.5 Å². The number of halogens is 2. The lowest BCUT2D eigenvalue weighted by Crippen LogP contribution is -2.31. The number of benzene rings is 1. The molecule has 0 atom stereocenters. The summed E-state index contributed by atoms with van der Waals surface area (Å²) in [5.41, 5.74) is 0. The fourth-order valence-corrected chi connectivity index (χ4v) is 3.14. The van der Waals surface area contributed by atoms with Gasteiger partial charge in [0, 0.05) is 13.1 Å². The Morgan fingerprint density at radius 1 is 1.35 bits per heavy atom. The predicted molar refractivity (Wildman–Crippen MR) is 71.1 cm³/mol. The van der Waals surface area contributed by atoms with E-state index in [9.17, 15) is 8.42 Å². The smallest absolute Gasteiger partial charge is 0.207 e. The number of nitrogens with zero attached hydrogens (tertiary/aromatic N) is 1. The molecule has 0 N–H and O–H groups in total. The molecule has 0 spiro atoms. The van der Waals surface area contributed by atoms with Crippen molar-refractivity contribution in [2.75, 3.05) is 13.1 Å². The van der Waals surface area contributed by atoms with Gasteiger partial charge in [0.15, 0.2) is 0 Å². The van der Waals surface area contributed by atoms with E-state index >= 15 is 0 Å². The highest BCUT2D eigenvalue weighted by atomic mass is 35.5. The standard InChI is InChI=1S/C11H13Cl2NO2S/c1-3-7-14(4-2)17(15,16)9-5-6-10(12)11(13)8-9/h3,5-6,8H,1,4,7H2,2H3. The van der Waals surface area contributed by atoms with Crippen LogP contribution >= 0.6 is 23.2 Å². The first-order valence-electron chi connectivity index (χ1n) is 4.99. The molecule has 94 valence electrons. The molecule has 0 aromatic heterocycles. The van der Waals surface area contributed by atoms with Crippen LogP contribution in [0.5, 0.6) is 0 Å². The Bertz CT molecular complexity index is 514. The number of hydrogen-bond donors (Lipinski definition) is 0. The second-order valence-corrected chi connectivity index (χ2v) is 6.07. The van der Waals surface area contributed by atoms with Gasteiger partial charge in [0.1, 0.15) is 0 Å². The Morgan fingerprint density at radius 3 is 2.47 bits per heavy atom. The zero-order chi connectivity index (χ0) is 13.1. The van der Waals surface area contributed by atoms with Crippen molar-refractivity contribution < 1.29 is 8.42 Å². The lowest BCUT2D eigenvalue weighted by atomic mass is 10.4. The van der Waals surface area contributed by atoms with Gasteiger partial charge in [-0.1, -0.05) is 36.2 Å². The summed E-state index contributed by atoms with van der Waals surface area (Å²) in [5, 5.41) is 0.555. The highest BCUT2D eigenvalue weighted by molar-refractivity contribution is 7.89. The minimum absolute atomic E-state index is 0.135. The average molecular weight is 294 g/mol. The van der Waals surface area contributed by atoms with Gasteiger partial charge in [0.2, 0.25) is 10.0 Å². The van der Waals surface area contributed by atoms with Crippen LogP contribution in [-0.2, 0) is 10.0 Å². The van der Waals surface area contributed by atoms with Crippen molar-refractivity contribution in [3.8, 4) is 0 Å². The van der Waals surface area contributed by atoms with Gasteiger partial charge in [-0.15, -0.1) is 6.58 Å². The van der Waals surface area contributed by atoms with Crippen molar-refractivity contribution in [3.63, 3.8) is 0 Å². The van der Waals surface area contributed by atoms with Gasteiger partial charge < -0.3 is 0 Å². The summed E-state index contributed by atoms with van der Waals surface area (Å²) >= 11 is 11.6. The Balaban J connectivity index is 3.20. The Hall–Kier alpha value is -0.550. The first-order valence-corrected chi connectivity index (χ1v) is 7.19. The fraction of sp³-hybridized carbons (Fsp3) is 0.273. The van der Waals surface area contributed by atoms with Gasteiger partial charge in [-0.05, 0) is 18.2 Å². The zero-order valence-corrected chi connectivity index (χ0v) is 11.7. The van der Waals surface area contributed by atoms with Crippen LogP contribution in [0.2, 0.25) is 10.0 Å². The molecule has 6 heteroatoms. The van der Waals surface area contributed by atoms with Gasteiger partial charge in [-0.3, -0.25) is 0 Å². The van der Waals surface area contributed by atoms with E-state index in [0.29, 0.717) is 11.6 Å². The van der Waals surface area contributed by atoms with Gasteiger partial charge in [0.05, 0.1) is 14.9 Å². The molecule has 0 fully saturated rings. The molecule has 3 nitrogen and oxygen atoms in total. The average Bonchev–Trinajstić information content (AvgIpc) is 2.29. The van der Waals surface area contributed by atoms with Crippen molar-refractivity contribution in [1.82, 2.24) is 4.31 Å². The van der Waals surface area contributed by atoms with Crippen LogP contribution in [0, 0.1) is 0 Å². The third-order valence-corrected chi connectivity index (χ3v) is 4.89. The van der Waals surface area contributed by atoms with Crippen LogP contribution in [0.3, 0.4) is 0 Å². The van der Waals surface area contributed by atoms with Crippen LogP contribution < -0.4 is 0 Å². The highest BCUT2D eigenvalue weighted by Crippen LogP contribution is 2.26. The molecule has 0 radical (unpaired) electrons. The van der Waals surface area contributed by atoms with Crippen molar-refractivity contribution in [2.24, 2.45) is 0 Å². The van der Waals surface area contributed by atoms with Gasteiger partial charge in [0.25, 0.3) is 0 Å². The van der Waals surface area contributed by atoms with E-state index in [1.165, 1.54) is 22.5 Å². The van der Waals surface area contributed by atoms with Crippen molar-refractivity contribution in [1.29, 1.82) is 0 Å². The molecule has 0 heterocycles. The molecule has 0 saturated carbocycles. The minimum atomic E-state index is -3.53. The first kappa shape index (κ1) is 14.5. The van der Waals surface area contributed by atoms with E-state index < -0.39 is 10.0 Å². The summed E-state index contributed by atoms with van der Waals surface area (Å²) in [5.74, 6) is 0. The maximum atomic E-state index is 12.2. The van der Waals surface area contributed by atoms with Gasteiger partial charge >= 0.3 is 0 Å². The topological polar surface area (TPSA) is 37.4 Å². The van der Waals surface area contributed by atoms with Crippen LogP contribution in [0.4, 0.5) is 0 Å². The molecule has 17 heavy (non-hydrogen) atoms. The van der Waals surface area contributed by atoms with E-state index in [1.54, 1.807) is 13.0 Å². The van der Waals surface area contributed by atoms with Crippen LogP contribution in [0.25, 0.3) is 0 Å². The molecule has 0 amide bonds. The van der Waals surface area contributed by atoms with E-state index in [4.69, 9.17) is 23.2 Å². The number of hydrogen-bond acceptors (Lipinski definition) is 2. The van der Waals surface area contributed by atoms with Crippen molar-refractivity contribution in [2.45, 2.75) is 11.8 Å². The summed E-state index contributed by atoms with van der Waals surface area (Å²) in [7, 11) is -3.53. The minimum Gasteiger partial charge on any atom is -0.207 e. The molecule has 0 unspecified atom stereocenters. The van der Waals surface area contributed by atoms with Gasteiger partial charge in [-0.2, -0.15) is 4.31 Å². The van der Waals surface area contributed by atoms with Crippen LogP contribution in [0.15, 0.2) is 35.7 Å². The van der Waals surface area contributed by atoms with E-state index in [2.05, 4.69) is 6.58 Å². The summed E-state index contributed by atoms with van der Waals surface area (Å²) in [6, 6.07) is 4.26. The first-order chi connectivity index (χ1) is 7.93. The molecule has 1 aromatic rings. The number of rotatable bonds is 5. The lowest BCUT2D eigenvalue weighted by molar-refractivity contribution is 0.460. The monoisotopic (exact) mass is 293 g/mol. The van der Waals surface area contributed by atoms with E-state index in [1.807, 2.05) is 0 Å². The third-order valence-electron chi connectivity index (χ3n) is 2.21. The molecule has 0 aliphatic rings. The maximum Gasteiger partial charge on any atom is 0.243 e. The molecule has 1 aromatic carbocycles. The summed E-state index contributed by atoms with van der Waals surface area (Å²) < 4.78 is 25.7. The predicted octanol–water partition coefficient (Wildman–Crippen LogP) is 3.19. The quantitative estimate of drug-likeness (QED) is 0.782. The van der Waals surface area contributed by atoms with E-state index in [0.717, 1.165) is 0 Å². The molecular formula is C11H13Cl2NO2S. The highest BCUT2D eigenvalue weighted by Gasteiger charge is 2.22. The Kier molecular flexibility index (Phi) is 5.01. The Labute approximate surface area is 112 Å². The number of likely N-dealkylation sites (N-methyl/N-ethyl adjacent to an activating group) is 1. The third kappa shape index (κ3) is 3.22. The van der Waals surface area contributed by atoms with Crippen molar-refractivity contribution in [3.05, 3.63) is 40.9 Å². The van der Waals surface area contributed by atoms with Gasteiger partial charge in [-0.25, -0.2) is 8.42 Å².